The van der Waals surface area contributed by atoms with Gasteiger partial charge < -0.3 is 5.11 Å². The van der Waals surface area contributed by atoms with Crippen molar-refractivity contribution in [3.63, 3.8) is 0 Å². The van der Waals surface area contributed by atoms with Crippen molar-refractivity contribution in [3.05, 3.63) is 0 Å². The van der Waals surface area contributed by atoms with E-state index in [9.17, 15) is 8.42 Å². The minimum absolute atomic E-state index is 0.106. The lowest BCUT2D eigenvalue weighted by molar-refractivity contribution is -0.0122. The lowest BCUT2D eigenvalue weighted by Crippen LogP contribution is -2.16. The topological polar surface area (TPSA) is 63.6 Å². The van der Waals surface area contributed by atoms with Gasteiger partial charge in [-0.2, -0.15) is 8.42 Å². The summed E-state index contributed by atoms with van der Waals surface area (Å²) >= 11 is 5.19. The number of rotatable bonds is 4. The highest BCUT2D eigenvalue weighted by Gasteiger charge is 2.10. The summed E-state index contributed by atoms with van der Waals surface area (Å²) in [7, 11) is -3.55. The summed E-state index contributed by atoms with van der Waals surface area (Å²) in [4.78, 5) is 0. The molecule has 62 valence electrons. The van der Waals surface area contributed by atoms with Crippen LogP contribution in [-0.2, 0) is 14.3 Å². The number of hydrogen-bond acceptors (Lipinski definition) is 4. The zero-order valence-corrected chi connectivity index (χ0v) is 7.02. The van der Waals surface area contributed by atoms with Crippen LogP contribution in [0.2, 0.25) is 0 Å². The first-order chi connectivity index (χ1) is 4.45. The van der Waals surface area contributed by atoms with E-state index in [0.717, 1.165) is 6.26 Å². The van der Waals surface area contributed by atoms with Gasteiger partial charge in [0.15, 0.2) is 6.29 Å². The highest BCUT2D eigenvalue weighted by Crippen LogP contribution is 1.99. The maximum absolute atomic E-state index is 10.3. The normalized spacial score (nSPS) is 15.1. The molecule has 0 heterocycles. The third-order valence-corrected chi connectivity index (χ3v) is 1.43. The van der Waals surface area contributed by atoms with Gasteiger partial charge in [-0.3, -0.25) is 0 Å². The highest BCUT2D eigenvalue weighted by atomic mass is 35.5. The van der Waals surface area contributed by atoms with Crippen molar-refractivity contribution in [2.75, 3.05) is 12.1 Å². The van der Waals surface area contributed by atoms with E-state index in [1.54, 1.807) is 0 Å². The summed E-state index contributed by atoms with van der Waals surface area (Å²) in [5.74, 6) is 0.163. The van der Waals surface area contributed by atoms with Gasteiger partial charge in [0.1, 0.15) is 0 Å². The molecule has 0 rings (SSSR count). The van der Waals surface area contributed by atoms with Crippen LogP contribution >= 0.6 is 11.6 Å². The second-order valence-corrected chi connectivity index (χ2v) is 3.71. The van der Waals surface area contributed by atoms with Gasteiger partial charge in [-0.1, -0.05) is 0 Å². The van der Waals surface area contributed by atoms with E-state index in [0.29, 0.717) is 0 Å². The summed E-state index contributed by atoms with van der Waals surface area (Å²) in [5.41, 5.74) is 0. The van der Waals surface area contributed by atoms with E-state index >= 15 is 0 Å². The fourth-order valence-electron chi connectivity index (χ4n) is 0.343. The molecule has 0 aromatic rings. The molecule has 0 radical (unpaired) electrons. The Morgan fingerprint density at radius 1 is 1.70 bits per heavy atom. The molecule has 0 unspecified atom stereocenters. The zero-order valence-electron chi connectivity index (χ0n) is 5.45. The standard InChI is InChI=1S/C4H9ClO4S/c1-10(7,8)9-4(6)2-3-5/h4,6H,2-3H2,1H3/t4-/m1/s1. The van der Waals surface area contributed by atoms with E-state index in [1.807, 2.05) is 0 Å². The Hall–Kier alpha value is 0.160. The molecule has 0 aliphatic rings. The number of aliphatic hydroxyl groups is 1. The first kappa shape index (κ1) is 10.2. The van der Waals surface area contributed by atoms with Crippen molar-refractivity contribution < 1.29 is 17.7 Å². The second-order valence-electron chi connectivity index (χ2n) is 1.73. The SMILES string of the molecule is CS(=O)(=O)O[C@@H](O)CCCl. The Kier molecular flexibility index (Phi) is 4.19. The lowest BCUT2D eigenvalue weighted by atomic mass is 10.5. The van der Waals surface area contributed by atoms with Gasteiger partial charge in [-0.25, -0.2) is 4.18 Å². The molecule has 0 saturated heterocycles. The molecule has 0 aromatic carbocycles. The van der Waals surface area contributed by atoms with E-state index in [1.165, 1.54) is 0 Å². The monoisotopic (exact) mass is 188 g/mol. The largest absolute Gasteiger partial charge is 0.367 e. The van der Waals surface area contributed by atoms with Crippen LogP contribution in [0, 0.1) is 0 Å². The first-order valence-electron chi connectivity index (χ1n) is 2.58. The predicted molar refractivity (Wildman–Crippen MR) is 37.3 cm³/mol. The van der Waals surface area contributed by atoms with Crippen molar-refractivity contribution in [1.29, 1.82) is 0 Å². The van der Waals surface area contributed by atoms with Crippen LogP contribution in [0.4, 0.5) is 0 Å². The summed E-state index contributed by atoms with van der Waals surface area (Å²) in [6.07, 6.45) is -0.341. The van der Waals surface area contributed by atoms with Crippen molar-refractivity contribution >= 4 is 21.7 Å². The highest BCUT2D eigenvalue weighted by molar-refractivity contribution is 7.86. The molecule has 0 bridgehead atoms. The summed E-state index contributed by atoms with van der Waals surface area (Å²) in [6.45, 7) is 0. The third-order valence-electron chi connectivity index (χ3n) is 0.642. The molecule has 0 spiro atoms. The van der Waals surface area contributed by atoms with Gasteiger partial charge in [-0.15, -0.1) is 11.6 Å². The average molecular weight is 189 g/mol. The quantitative estimate of drug-likeness (QED) is 0.381. The van der Waals surface area contributed by atoms with E-state index in [-0.39, 0.29) is 12.3 Å². The van der Waals surface area contributed by atoms with Gasteiger partial charge in [0.25, 0.3) is 10.1 Å². The maximum Gasteiger partial charge on any atom is 0.266 e. The Bertz CT molecular complexity index is 176. The van der Waals surface area contributed by atoms with Crippen molar-refractivity contribution in [2.45, 2.75) is 12.7 Å². The third kappa shape index (κ3) is 6.28. The van der Waals surface area contributed by atoms with Crippen molar-refractivity contribution in [1.82, 2.24) is 0 Å². The van der Waals surface area contributed by atoms with Crippen molar-refractivity contribution in [2.24, 2.45) is 0 Å². The van der Waals surface area contributed by atoms with E-state index < -0.39 is 16.4 Å². The molecule has 6 heteroatoms. The summed E-state index contributed by atoms with van der Waals surface area (Å²) < 4.78 is 24.7. The molecular formula is C4H9ClO4S. The molecule has 1 N–H and O–H groups in total. The van der Waals surface area contributed by atoms with Gasteiger partial charge in [0.05, 0.1) is 6.26 Å². The first-order valence-corrected chi connectivity index (χ1v) is 4.93. The van der Waals surface area contributed by atoms with E-state index in [2.05, 4.69) is 4.18 Å². The fourth-order valence-corrected chi connectivity index (χ4v) is 1.03. The lowest BCUT2D eigenvalue weighted by Gasteiger charge is -2.06. The smallest absolute Gasteiger partial charge is 0.266 e. The minimum atomic E-state index is -3.55. The van der Waals surface area contributed by atoms with Gasteiger partial charge in [0, 0.05) is 12.3 Å². The molecule has 0 aromatic heterocycles. The molecule has 0 amide bonds. The Morgan fingerprint density at radius 3 is 2.50 bits per heavy atom. The van der Waals surface area contributed by atoms with Crippen LogP contribution in [0.1, 0.15) is 6.42 Å². The Balaban J connectivity index is 3.69. The predicted octanol–water partition coefficient (Wildman–Crippen LogP) is -0.0901. The van der Waals surface area contributed by atoms with Crippen LogP contribution in [0.15, 0.2) is 0 Å². The molecule has 10 heavy (non-hydrogen) atoms. The maximum atomic E-state index is 10.3. The molecule has 0 aliphatic carbocycles. The molecule has 0 saturated carbocycles. The van der Waals surface area contributed by atoms with Crippen LogP contribution < -0.4 is 0 Å². The summed E-state index contributed by atoms with van der Waals surface area (Å²) in [6, 6.07) is 0. The molecular weight excluding hydrogens is 180 g/mol. The van der Waals surface area contributed by atoms with Gasteiger partial charge >= 0.3 is 0 Å². The molecule has 0 fully saturated rings. The number of aliphatic hydroxyl groups excluding tert-OH is 1. The molecule has 1 atom stereocenters. The number of hydrogen-bond donors (Lipinski definition) is 1. The number of alkyl halides is 1. The number of halogens is 1. The van der Waals surface area contributed by atoms with Crippen molar-refractivity contribution in [3.8, 4) is 0 Å². The summed E-state index contributed by atoms with van der Waals surface area (Å²) in [5, 5.41) is 8.70. The van der Waals surface area contributed by atoms with Crippen LogP contribution in [-0.4, -0.2) is 32.0 Å². The second kappa shape index (κ2) is 4.12. The Labute approximate surface area is 64.9 Å². The van der Waals surface area contributed by atoms with E-state index in [4.69, 9.17) is 16.7 Å². The Morgan fingerprint density at radius 2 is 2.20 bits per heavy atom. The van der Waals surface area contributed by atoms with Crippen LogP contribution in [0.25, 0.3) is 0 Å². The molecule has 4 nitrogen and oxygen atoms in total. The molecule has 0 aliphatic heterocycles. The zero-order chi connectivity index (χ0) is 8.20. The van der Waals surface area contributed by atoms with Crippen LogP contribution in [0.5, 0.6) is 0 Å². The minimum Gasteiger partial charge on any atom is -0.367 e. The average Bonchev–Trinajstić information content (AvgIpc) is 1.59. The fraction of sp³-hybridized carbons (Fsp3) is 1.00. The van der Waals surface area contributed by atoms with Gasteiger partial charge in [-0.05, 0) is 0 Å². The van der Waals surface area contributed by atoms with Gasteiger partial charge in [0.2, 0.25) is 0 Å². The van der Waals surface area contributed by atoms with Crippen LogP contribution in [0.3, 0.4) is 0 Å².